The minimum Gasteiger partial charge on any atom is -0.460 e. The number of benzene rings is 1. The molecule has 0 aliphatic carbocycles. The van der Waals surface area contributed by atoms with Crippen LogP contribution >= 0.6 is 0 Å². The average molecular weight is 212 g/mol. The van der Waals surface area contributed by atoms with Gasteiger partial charge in [-0.05, 0) is 6.07 Å². The smallest absolute Gasteiger partial charge is 0.134 e. The molecule has 4 rings (SSSR count). The van der Waals surface area contributed by atoms with Crippen molar-refractivity contribution in [2.24, 2.45) is 0 Å². The van der Waals surface area contributed by atoms with Crippen LogP contribution in [0.25, 0.3) is 11.0 Å². The lowest BCUT2D eigenvalue weighted by Crippen LogP contribution is -2.21. The molecule has 0 amide bonds. The summed E-state index contributed by atoms with van der Waals surface area (Å²) in [5.41, 5.74) is 2.21. The molecule has 0 fully saturated rings. The highest BCUT2D eigenvalue weighted by Crippen LogP contribution is 2.47. The molecule has 3 atom stereocenters. The maximum Gasteiger partial charge on any atom is 0.134 e. The molecule has 16 heavy (non-hydrogen) atoms. The number of hydrogen-bond donors (Lipinski definition) is 0. The summed E-state index contributed by atoms with van der Waals surface area (Å²) in [5.74, 6) is 1.42. The molecule has 2 heteroatoms. The molecule has 0 spiro atoms. The van der Waals surface area contributed by atoms with Gasteiger partial charge in [0.25, 0.3) is 0 Å². The number of ether oxygens (including phenoxy) is 1. The quantitative estimate of drug-likeness (QED) is 0.623. The van der Waals surface area contributed by atoms with E-state index in [9.17, 15) is 0 Å². The standard InChI is InChI=1S/C14H12O2/c1-8-10-6-7-12(15-10)13-9-4-2-3-5-11(9)16-14(8)13/h2-8,10,12H,1H3/t8-,10+,12-/m1/s1. The first-order valence-corrected chi connectivity index (χ1v) is 5.70. The number of fused-ring (bicyclic) bond motifs is 6. The zero-order valence-electron chi connectivity index (χ0n) is 9.01. The van der Waals surface area contributed by atoms with Crippen molar-refractivity contribution < 1.29 is 9.15 Å². The van der Waals surface area contributed by atoms with Gasteiger partial charge in [-0.3, -0.25) is 0 Å². The minimum atomic E-state index is 0.0971. The molecule has 0 unspecified atom stereocenters. The van der Waals surface area contributed by atoms with Gasteiger partial charge in [0, 0.05) is 16.9 Å². The van der Waals surface area contributed by atoms with Crippen molar-refractivity contribution in [2.45, 2.75) is 25.0 Å². The molecular formula is C14H12O2. The van der Waals surface area contributed by atoms with Crippen molar-refractivity contribution in [3.05, 3.63) is 47.7 Å². The van der Waals surface area contributed by atoms with E-state index < -0.39 is 0 Å². The molecule has 2 bridgehead atoms. The fourth-order valence-electron chi connectivity index (χ4n) is 2.78. The molecule has 1 aromatic carbocycles. The second-order valence-electron chi connectivity index (χ2n) is 4.57. The van der Waals surface area contributed by atoms with Gasteiger partial charge in [0.2, 0.25) is 0 Å². The minimum absolute atomic E-state index is 0.0971. The SMILES string of the molecule is C[C@H]1c2oc3ccccc3c2[C@H]2C=C[C@@H]1O2. The maximum atomic E-state index is 5.96. The second-order valence-corrected chi connectivity index (χ2v) is 4.57. The van der Waals surface area contributed by atoms with Crippen molar-refractivity contribution in [3.63, 3.8) is 0 Å². The maximum absolute atomic E-state index is 5.96. The van der Waals surface area contributed by atoms with Crippen LogP contribution in [0.3, 0.4) is 0 Å². The normalized spacial score (nSPS) is 30.9. The molecule has 2 aliphatic rings. The number of rotatable bonds is 0. The van der Waals surface area contributed by atoms with Crippen LogP contribution in [-0.4, -0.2) is 6.10 Å². The van der Waals surface area contributed by atoms with Gasteiger partial charge in [-0.15, -0.1) is 0 Å². The van der Waals surface area contributed by atoms with Gasteiger partial charge in [0.15, 0.2) is 0 Å². The molecule has 1 aromatic heterocycles. The molecule has 3 heterocycles. The Labute approximate surface area is 93.5 Å². The van der Waals surface area contributed by atoms with Crippen molar-refractivity contribution >= 4 is 11.0 Å². The van der Waals surface area contributed by atoms with Crippen LogP contribution in [0, 0.1) is 0 Å². The molecule has 80 valence electrons. The average Bonchev–Trinajstić information content (AvgIpc) is 2.89. The highest BCUT2D eigenvalue weighted by Gasteiger charge is 2.38. The van der Waals surface area contributed by atoms with E-state index in [4.69, 9.17) is 9.15 Å². The number of hydrogen-bond acceptors (Lipinski definition) is 2. The van der Waals surface area contributed by atoms with E-state index in [1.807, 2.05) is 18.2 Å². The third kappa shape index (κ3) is 0.908. The van der Waals surface area contributed by atoms with Crippen LogP contribution in [0.1, 0.15) is 30.3 Å². The third-order valence-corrected chi connectivity index (χ3v) is 3.63. The molecule has 0 saturated heterocycles. The van der Waals surface area contributed by atoms with Gasteiger partial charge in [-0.25, -0.2) is 0 Å². The first-order valence-electron chi connectivity index (χ1n) is 5.70. The van der Waals surface area contributed by atoms with Crippen LogP contribution in [0.2, 0.25) is 0 Å². The Balaban J connectivity index is 2.10. The Bertz CT molecular complexity index is 594. The molecular weight excluding hydrogens is 200 g/mol. The zero-order chi connectivity index (χ0) is 10.7. The summed E-state index contributed by atoms with van der Waals surface area (Å²) in [6.45, 7) is 2.16. The fraction of sp³-hybridized carbons (Fsp3) is 0.286. The summed E-state index contributed by atoms with van der Waals surface area (Å²) in [4.78, 5) is 0. The van der Waals surface area contributed by atoms with E-state index in [0.29, 0.717) is 5.92 Å². The summed E-state index contributed by atoms with van der Waals surface area (Å²) < 4.78 is 11.9. The first kappa shape index (κ1) is 8.59. The Morgan fingerprint density at radius 2 is 2.00 bits per heavy atom. The van der Waals surface area contributed by atoms with Gasteiger partial charge in [-0.1, -0.05) is 37.3 Å². The number of para-hydroxylation sites is 1. The van der Waals surface area contributed by atoms with Crippen molar-refractivity contribution in [1.29, 1.82) is 0 Å². The summed E-state index contributed by atoms with van der Waals surface area (Å²) >= 11 is 0. The highest BCUT2D eigenvalue weighted by atomic mass is 16.5. The van der Waals surface area contributed by atoms with Crippen LogP contribution in [0.15, 0.2) is 40.8 Å². The van der Waals surface area contributed by atoms with E-state index in [0.717, 1.165) is 11.3 Å². The van der Waals surface area contributed by atoms with Crippen molar-refractivity contribution in [1.82, 2.24) is 0 Å². The first-order chi connectivity index (χ1) is 7.84. The van der Waals surface area contributed by atoms with Crippen LogP contribution in [0.5, 0.6) is 0 Å². The zero-order valence-corrected chi connectivity index (χ0v) is 9.01. The molecule has 2 aliphatic heterocycles. The summed E-state index contributed by atoms with van der Waals surface area (Å²) in [5, 5.41) is 1.19. The van der Waals surface area contributed by atoms with E-state index in [2.05, 4.69) is 25.1 Å². The van der Waals surface area contributed by atoms with Gasteiger partial charge in [-0.2, -0.15) is 0 Å². The summed E-state index contributed by atoms with van der Waals surface area (Å²) in [7, 11) is 0. The van der Waals surface area contributed by atoms with Crippen LogP contribution in [0.4, 0.5) is 0 Å². The second kappa shape index (κ2) is 2.77. The summed E-state index contributed by atoms with van der Waals surface area (Å²) in [6, 6.07) is 8.20. The van der Waals surface area contributed by atoms with Gasteiger partial charge in [0.1, 0.15) is 17.4 Å². The van der Waals surface area contributed by atoms with Gasteiger partial charge >= 0.3 is 0 Å². The van der Waals surface area contributed by atoms with Gasteiger partial charge < -0.3 is 9.15 Å². The lowest BCUT2D eigenvalue weighted by atomic mass is 9.95. The lowest BCUT2D eigenvalue weighted by molar-refractivity contribution is 0.0272. The largest absolute Gasteiger partial charge is 0.460 e. The number of furan rings is 1. The Kier molecular flexibility index (Phi) is 1.49. The molecule has 2 nitrogen and oxygen atoms in total. The predicted molar refractivity (Wildman–Crippen MR) is 61.4 cm³/mol. The van der Waals surface area contributed by atoms with Crippen molar-refractivity contribution in [3.8, 4) is 0 Å². The van der Waals surface area contributed by atoms with Crippen LogP contribution < -0.4 is 0 Å². The Hall–Kier alpha value is -1.54. The third-order valence-electron chi connectivity index (χ3n) is 3.63. The molecule has 2 aromatic rings. The van der Waals surface area contributed by atoms with Gasteiger partial charge in [0.05, 0.1) is 6.10 Å². The van der Waals surface area contributed by atoms with E-state index in [-0.39, 0.29) is 12.2 Å². The fourth-order valence-corrected chi connectivity index (χ4v) is 2.78. The highest BCUT2D eigenvalue weighted by molar-refractivity contribution is 5.83. The Morgan fingerprint density at radius 3 is 2.94 bits per heavy atom. The monoisotopic (exact) mass is 212 g/mol. The van der Waals surface area contributed by atoms with E-state index in [1.165, 1.54) is 10.9 Å². The van der Waals surface area contributed by atoms with E-state index in [1.54, 1.807) is 0 Å². The molecule has 0 saturated carbocycles. The summed E-state index contributed by atoms with van der Waals surface area (Å²) in [6.07, 6.45) is 4.59. The predicted octanol–water partition coefficient (Wildman–Crippen LogP) is 3.55. The van der Waals surface area contributed by atoms with E-state index >= 15 is 0 Å². The Morgan fingerprint density at radius 1 is 1.12 bits per heavy atom. The molecule has 0 radical (unpaired) electrons. The van der Waals surface area contributed by atoms with Crippen molar-refractivity contribution in [2.75, 3.05) is 0 Å². The van der Waals surface area contributed by atoms with Crippen LogP contribution in [-0.2, 0) is 4.74 Å². The molecule has 0 N–H and O–H groups in total. The topological polar surface area (TPSA) is 22.4 Å². The lowest BCUT2D eigenvalue weighted by Gasteiger charge is -2.25.